The van der Waals surface area contributed by atoms with Crippen molar-refractivity contribution in [1.29, 1.82) is 0 Å². The molecule has 0 spiro atoms. The molecule has 102 valence electrons. The van der Waals surface area contributed by atoms with Crippen LogP contribution in [0.25, 0.3) is 0 Å². The van der Waals surface area contributed by atoms with Gasteiger partial charge in [0.2, 0.25) is 5.67 Å². The summed E-state index contributed by atoms with van der Waals surface area (Å²) in [7, 11) is 0. The van der Waals surface area contributed by atoms with Gasteiger partial charge in [-0.3, -0.25) is 4.79 Å². The van der Waals surface area contributed by atoms with Crippen LogP contribution in [-0.4, -0.2) is 31.5 Å². The SMILES string of the molecule is O=C1N[C@@]2(c3ccccc3)COC[C@H]2CC1(F)CF. The van der Waals surface area contributed by atoms with Crippen molar-refractivity contribution in [3.63, 3.8) is 0 Å². The normalized spacial score (nSPS) is 37.8. The number of hydrogen-bond acceptors (Lipinski definition) is 2. The average Bonchev–Trinajstić information content (AvgIpc) is 2.84. The van der Waals surface area contributed by atoms with Gasteiger partial charge in [-0.1, -0.05) is 30.3 Å². The van der Waals surface area contributed by atoms with Crippen LogP contribution in [0.3, 0.4) is 0 Å². The van der Waals surface area contributed by atoms with Gasteiger partial charge in [0.1, 0.15) is 6.67 Å². The highest BCUT2D eigenvalue weighted by Gasteiger charge is 2.58. The summed E-state index contributed by atoms with van der Waals surface area (Å²) in [5, 5.41) is 2.67. The number of rotatable bonds is 2. The van der Waals surface area contributed by atoms with Gasteiger partial charge in [0.15, 0.2) is 0 Å². The molecule has 0 aliphatic carbocycles. The first-order valence-electron chi connectivity index (χ1n) is 6.31. The molecule has 1 N–H and O–H groups in total. The van der Waals surface area contributed by atoms with Crippen LogP contribution in [0.4, 0.5) is 8.78 Å². The fourth-order valence-corrected chi connectivity index (χ4v) is 3.03. The number of carbonyl (C=O) groups excluding carboxylic acids is 1. The predicted molar refractivity (Wildman–Crippen MR) is 65.0 cm³/mol. The number of alkyl halides is 2. The highest BCUT2D eigenvalue weighted by molar-refractivity contribution is 5.87. The molecule has 3 atom stereocenters. The van der Waals surface area contributed by atoms with E-state index in [-0.39, 0.29) is 12.3 Å². The van der Waals surface area contributed by atoms with E-state index in [0.717, 1.165) is 5.56 Å². The minimum Gasteiger partial charge on any atom is -0.378 e. The zero-order valence-corrected chi connectivity index (χ0v) is 10.4. The van der Waals surface area contributed by atoms with Crippen molar-refractivity contribution in [2.75, 3.05) is 19.9 Å². The molecule has 2 saturated heterocycles. The monoisotopic (exact) mass is 267 g/mol. The molecule has 0 aromatic heterocycles. The molecule has 0 saturated carbocycles. The molecular formula is C14H15F2NO2. The summed E-state index contributed by atoms with van der Waals surface area (Å²) < 4.78 is 32.4. The summed E-state index contributed by atoms with van der Waals surface area (Å²) in [5.74, 6) is -1.12. The van der Waals surface area contributed by atoms with Gasteiger partial charge in [-0.15, -0.1) is 0 Å². The van der Waals surface area contributed by atoms with Crippen LogP contribution in [0.15, 0.2) is 30.3 Å². The summed E-state index contributed by atoms with van der Waals surface area (Å²) >= 11 is 0. The lowest BCUT2D eigenvalue weighted by Gasteiger charge is -2.43. The van der Waals surface area contributed by atoms with Gasteiger partial charge in [-0.25, -0.2) is 8.78 Å². The van der Waals surface area contributed by atoms with E-state index in [4.69, 9.17) is 4.74 Å². The van der Waals surface area contributed by atoms with Crippen molar-refractivity contribution < 1.29 is 18.3 Å². The fraction of sp³-hybridized carbons (Fsp3) is 0.500. The number of hydrogen-bond donors (Lipinski definition) is 1. The predicted octanol–water partition coefficient (Wildman–Crippen LogP) is 1.73. The number of halogens is 2. The molecule has 1 aromatic carbocycles. The summed E-state index contributed by atoms with van der Waals surface area (Å²) in [6.45, 7) is -0.656. The number of nitrogens with one attached hydrogen (secondary N) is 1. The van der Waals surface area contributed by atoms with Gasteiger partial charge in [0.25, 0.3) is 5.91 Å². The maximum absolute atomic E-state index is 14.2. The lowest BCUT2D eigenvalue weighted by molar-refractivity contribution is -0.143. The van der Waals surface area contributed by atoms with Gasteiger partial charge in [-0.05, 0) is 5.56 Å². The summed E-state index contributed by atoms with van der Waals surface area (Å²) in [6.07, 6.45) is -0.135. The maximum atomic E-state index is 14.2. The summed E-state index contributed by atoms with van der Waals surface area (Å²) in [5.41, 5.74) is -2.26. The van der Waals surface area contributed by atoms with E-state index in [1.165, 1.54) is 0 Å². The first-order chi connectivity index (χ1) is 9.11. The van der Waals surface area contributed by atoms with Crippen molar-refractivity contribution in [2.45, 2.75) is 17.6 Å². The van der Waals surface area contributed by atoms with Crippen LogP contribution in [0, 0.1) is 5.92 Å². The molecule has 2 fully saturated rings. The molecule has 19 heavy (non-hydrogen) atoms. The Bertz CT molecular complexity index is 495. The number of ether oxygens (including phenoxy) is 1. The highest BCUT2D eigenvalue weighted by atomic mass is 19.2. The van der Waals surface area contributed by atoms with Crippen LogP contribution in [0.1, 0.15) is 12.0 Å². The van der Waals surface area contributed by atoms with E-state index in [1.54, 1.807) is 0 Å². The first-order valence-corrected chi connectivity index (χ1v) is 6.31. The zero-order chi connectivity index (χ0) is 13.5. The number of benzene rings is 1. The van der Waals surface area contributed by atoms with Crippen LogP contribution in [-0.2, 0) is 15.1 Å². The second-order valence-corrected chi connectivity index (χ2v) is 5.31. The van der Waals surface area contributed by atoms with Crippen LogP contribution in [0.5, 0.6) is 0 Å². The summed E-state index contributed by atoms with van der Waals surface area (Å²) in [4.78, 5) is 11.9. The smallest absolute Gasteiger partial charge is 0.261 e. The van der Waals surface area contributed by atoms with Crippen LogP contribution >= 0.6 is 0 Å². The molecular weight excluding hydrogens is 252 g/mol. The average molecular weight is 267 g/mol. The Hall–Kier alpha value is -1.49. The highest BCUT2D eigenvalue weighted by Crippen LogP contribution is 2.44. The third-order valence-electron chi connectivity index (χ3n) is 4.16. The quantitative estimate of drug-likeness (QED) is 0.886. The Morgan fingerprint density at radius 1 is 1.37 bits per heavy atom. The molecule has 5 heteroatoms. The summed E-state index contributed by atoms with van der Waals surface area (Å²) in [6, 6.07) is 9.35. The molecule has 2 aliphatic heterocycles. The van der Waals surface area contributed by atoms with Crippen LogP contribution in [0.2, 0.25) is 0 Å². The zero-order valence-electron chi connectivity index (χ0n) is 10.4. The molecule has 3 rings (SSSR count). The number of fused-ring (bicyclic) bond motifs is 1. The van der Waals surface area contributed by atoms with E-state index in [9.17, 15) is 13.6 Å². The van der Waals surface area contributed by atoms with E-state index in [0.29, 0.717) is 13.2 Å². The van der Waals surface area contributed by atoms with Gasteiger partial charge in [0.05, 0.1) is 18.8 Å². The van der Waals surface area contributed by atoms with E-state index in [1.807, 2.05) is 30.3 Å². The molecule has 1 amide bonds. The Balaban J connectivity index is 2.00. The topological polar surface area (TPSA) is 38.3 Å². The third kappa shape index (κ3) is 1.75. The van der Waals surface area contributed by atoms with Gasteiger partial charge >= 0.3 is 0 Å². The van der Waals surface area contributed by atoms with Crippen molar-refractivity contribution in [1.82, 2.24) is 5.32 Å². The van der Waals surface area contributed by atoms with Gasteiger partial charge in [-0.2, -0.15) is 0 Å². The Morgan fingerprint density at radius 3 is 2.79 bits per heavy atom. The number of amides is 1. The Labute approximate surface area is 109 Å². The van der Waals surface area contributed by atoms with E-state index >= 15 is 0 Å². The van der Waals surface area contributed by atoms with Crippen molar-refractivity contribution >= 4 is 5.91 Å². The maximum Gasteiger partial charge on any atom is 0.261 e. The third-order valence-corrected chi connectivity index (χ3v) is 4.16. The van der Waals surface area contributed by atoms with Gasteiger partial charge in [0, 0.05) is 12.3 Å². The largest absolute Gasteiger partial charge is 0.378 e. The minimum absolute atomic E-state index is 0.135. The molecule has 0 bridgehead atoms. The minimum atomic E-state index is -2.42. The lowest BCUT2D eigenvalue weighted by atomic mass is 9.72. The molecule has 3 nitrogen and oxygen atoms in total. The van der Waals surface area contributed by atoms with E-state index < -0.39 is 23.8 Å². The van der Waals surface area contributed by atoms with Crippen molar-refractivity contribution in [2.24, 2.45) is 5.92 Å². The molecule has 0 radical (unpaired) electrons. The fourth-order valence-electron chi connectivity index (χ4n) is 3.03. The Kier molecular flexibility index (Phi) is 2.82. The lowest BCUT2D eigenvalue weighted by Crippen LogP contribution is -2.63. The van der Waals surface area contributed by atoms with Crippen molar-refractivity contribution in [3.05, 3.63) is 35.9 Å². The number of piperidine rings is 1. The Morgan fingerprint density at radius 2 is 2.11 bits per heavy atom. The van der Waals surface area contributed by atoms with Crippen LogP contribution < -0.4 is 5.32 Å². The molecule has 2 aliphatic rings. The number of carbonyl (C=O) groups is 1. The first kappa shape index (κ1) is 12.5. The standard InChI is InChI=1S/C14H15F2NO2/c15-8-13(16)6-11-7-19-9-14(11,17-12(13)18)10-4-2-1-3-5-10/h1-5,11H,6-9H2,(H,17,18)/t11-,13?,14-/m1/s1. The second kappa shape index (κ2) is 4.27. The molecule has 2 heterocycles. The van der Waals surface area contributed by atoms with Crippen molar-refractivity contribution in [3.8, 4) is 0 Å². The molecule has 1 aromatic rings. The van der Waals surface area contributed by atoms with E-state index in [2.05, 4.69) is 5.32 Å². The molecule has 1 unspecified atom stereocenters. The second-order valence-electron chi connectivity index (χ2n) is 5.31. The van der Waals surface area contributed by atoms with Gasteiger partial charge < -0.3 is 10.1 Å².